The predicted octanol–water partition coefficient (Wildman–Crippen LogP) is 2.08. The van der Waals surface area contributed by atoms with E-state index in [1.165, 1.54) is 5.56 Å². The van der Waals surface area contributed by atoms with Crippen molar-refractivity contribution >= 4 is 0 Å². The summed E-state index contributed by atoms with van der Waals surface area (Å²) in [7, 11) is 1.68. The lowest BCUT2D eigenvalue weighted by Gasteiger charge is -2.24. The lowest BCUT2D eigenvalue weighted by atomic mass is 9.87. The van der Waals surface area contributed by atoms with Gasteiger partial charge in [0.1, 0.15) is 5.75 Å². The Morgan fingerprint density at radius 2 is 2.00 bits per heavy atom. The third-order valence-electron chi connectivity index (χ3n) is 4.20. The molecule has 0 saturated heterocycles. The van der Waals surface area contributed by atoms with Crippen LogP contribution in [0.1, 0.15) is 35.6 Å². The Bertz CT molecular complexity index is 424. The molecule has 1 aromatic carbocycles. The molecule has 2 rings (SSSR count). The van der Waals surface area contributed by atoms with Crippen molar-refractivity contribution in [2.75, 3.05) is 13.7 Å². The molecular formula is C14H21NO2. The lowest BCUT2D eigenvalue weighted by molar-refractivity contribution is 0.187. The summed E-state index contributed by atoms with van der Waals surface area (Å²) in [6, 6.07) is 3.92. The molecule has 3 heteroatoms. The van der Waals surface area contributed by atoms with E-state index in [1.54, 1.807) is 7.11 Å². The molecule has 1 aromatic rings. The monoisotopic (exact) mass is 235 g/mol. The smallest absolute Gasteiger partial charge is 0.122 e. The minimum absolute atomic E-state index is 0.0721. The second-order valence-corrected chi connectivity index (χ2v) is 5.11. The van der Waals surface area contributed by atoms with Crippen LogP contribution in [0.3, 0.4) is 0 Å². The molecule has 1 aliphatic carbocycles. The van der Waals surface area contributed by atoms with Gasteiger partial charge >= 0.3 is 0 Å². The van der Waals surface area contributed by atoms with Gasteiger partial charge in [0.25, 0.3) is 0 Å². The van der Waals surface area contributed by atoms with Crippen LogP contribution in [0.25, 0.3) is 0 Å². The fourth-order valence-electron chi connectivity index (χ4n) is 2.43. The third-order valence-corrected chi connectivity index (χ3v) is 4.20. The highest BCUT2D eigenvalue weighted by Crippen LogP contribution is 2.54. The maximum absolute atomic E-state index is 9.44. The van der Waals surface area contributed by atoms with Gasteiger partial charge in [-0.15, -0.1) is 0 Å². The second-order valence-electron chi connectivity index (χ2n) is 5.11. The number of hydrogen-bond acceptors (Lipinski definition) is 3. The molecule has 94 valence electrons. The largest absolute Gasteiger partial charge is 0.496 e. The standard InChI is InChI=1S/C14H21NO2/c1-9-10(2)12(17-3)5-4-11(9)13(15)14(8-16)6-7-14/h4-5,13,16H,6-8,15H2,1-3H3. The molecule has 0 heterocycles. The Morgan fingerprint density at radius 3 is 2.47 bits per heavy atom. The first kappa shape index (κ1) is 12.4. The summed E-state index contributed by atoms with van der Waals surface area (Å²) in [5.41, 5.74) is 9.67. The maximum atomic E-state index is 9.44. The fourth-order valence-corrected chi connectivity index (χ4v) is 2.43. The Kier molecular flexibility index (Phi) is 3.15. The Hall–Kier alpha value is -1.06. The highest BCUT2D eigenvalue weighted by Gasteiger charge is 2.48. The van der Waals surface area contributed by atoms with E-state index < -0.39 is 0 Å². The van der Waals surface area contributed by atoms with Crippen molar-refractivity contribution in [1.29, 1.82) is 0 Å². The molecule has 0 aliphatic heterocycles. The quantitative estimate of drug-likeness (QED) is 0.840. The van der Waals surface area contributed by atoms with Gasteiger partial charge in [-0.05, 0) is 49.4 Å². The van der Waals surface area contributed by atoms with E-state index in [2.05, 4.69) is 6.92 Å². The summed E-state index contributed by atoms with van der Waals surface area (Å²) in [5.74, 6) is 0.896. The van der Waals surface area contributed by atoms with Gasteiger partial charge in [0, 0.05) is 11.5 Å². The van der Waals surface area contributed by atoms with Crippen molar-refractivity contribution in [3.05, 3.63) is 28.8 Å². The zero-order chi connectivity index (χ0) is 12.6. The number of ether oxygens (including phenoxy) is 1. The summed E-state index contributed by atoms with van der Waals surface area (Å²) >= 11 is 0. The first-order valence-corrected chi connectivity index (χ1v) is 6.06. The SMILES string of the molecule is COc1ccc(C(N)C2(CO)CC2)c(C)c1C. The van der Waals surface area contributed by atoms with Crippen molar-refractivity contribution in [2.24, 2.45) is 11.1 Å². The minimum Gasteiger partial charge on any atom is -0.496 e. The predicted molar refractivity (Wildman–Crippen MR) is 68.1 cm³/mol. The van der Waals surface area contributed by atoms with Gasteiger partial charge in [0.2, 0.25) is 0 Å². The summed E-state index contributed by atoms with van der Waals surface area (Å²) in [5, 5.41) is 9.44. The fraction of sp³-hybridized carbons (Fsp3) is 0.571. The van der Waals surface area contributed by atoms with Crippen LogP contribution in [0.2, 0.25) is 0 Å². The highest BCUT2D eigenvalue weighted by molar-refractivity contribution is 5.45. The van der Waals surface area contributed by atoms with Crippen molar-refractivity contribution in [1.82, 2.24) is 0 Å². The zero-order valence-corrected chi connectivity index (χ0v) is 10.8. The van der Waals surface area contributed by atoms with E-state index in [4.69, 9.17) is 10.5 Å². The number of aliphatic hydroxyl groups is 1. The summed E-state index contributed by atoms with van der Waals surface area (Å²) in [4.78, 5) is 0. The van der Waals surface area contributed by atoms with E-state index in [0.717, 1.165) is 29.7 Å². The molecule has 1 atom stereocenters. The molecule has 17 heavy (non-hydrogen) atoms. The minimum atomic E-state index is -0.0776. The van der Waals surface area contributed by atoms with E-state index >= 15 is 0 Å². The van der Waals surface area contributed by atoms with Crippen LogP contribution in [-0.4, -0.2) is 18.8 Å². The number of rotatable bonds is 4. The van der Waals surface area contributed by atoms with Crippen LogP contribution < -0.4 is 10.5 Å². The van der Waals surface area contributed by atoms with E-state index in [0.29, 0.717) is 0 Å². The van der Waals surface area contributed by atoms with Gasteiger partial charge < -0.3 is 15.6 Å². The van der Waals surface area contributed by atoms with Crippen LogP contribution in [0.15, 0.2) is 12.1 Å². The molecule has 3 nitrogen and oxygen atoms in total. The Labute approximate surface area is 103 Å². The van der Waals surface area contributed by atoms with Crippen LogP contribution in [0.4, 0.5) is 0 Å². The number of methoxy groups -OCH3 is 1. The topological polar surface area (TPSA) is 55.5 Å². The van der Waals surface area contributed by atoms with Gasteiger partial charge in [-0.1, -0.05) is 6.07 Å². The Balaban J connectivity index is 2.37. The van der Waals surface area contributed by atoms with E-state index in [1.807, 2.05) is 19.1 Å². The average Bonchev–Trinajstić information content (AvgIpc) is 3.13. The molecule has 1 aliphatic rings. The van der Waals surface area contributed by atoms with Gasteiger partial charge in [0.05, 0.1) is 13.7 Å². The molecule has 3 N–H and O–H groups in total. The first-order chi connectivity index (χ1) is 8.05. The van der Waals surface area contributed by atoms with Crippen LogP contribution in [-0.2, 0) is 0 Å². The number of nitrogens with two attached hydrogens (primary N) is 1. The van der Waals surface area contributed by atoms with Crippen molar-refractivity contribution in [2.45, 2.75) is 32.7 Å². The van der Waals surface area contributed by atoms with E-state index in [9.17, 15) is 5.11 Å². The summed E-state index contributed by atoms with van der Waals surface area (Å²) < 4.78 is 5.30. The Morgan fingerprint density at radius 1 is 1.35 bits per heavy atom. The van der Waals surface area contributed by atoms with Gasteiger partial charge in [0.15, 0.2) is 0 Å². The summed E-state index contributed by atoms with van der Waals surface area (Å²) in [6.45, 7) is 4.29. The highest BCUT2D eigenvalue weighted by atomic mass is 16.5. The number of benzene rings is 1. The third kappa shape index (κ3) is 1.94. The molecular weight excluding hydrogens is 214 g/mol. The van der Waals surface area contributed by atoms with Crippen molar-refractivity contribution in [3.63, 3.8) is 0 Å². The lowest BCUT2D eigenvalue weighted by Crippen LogP contribution is -2.26. The van der Waals surface area contributed by atoms with Gasteiger partial charge in [-0.3, -0.25) is 0 Å². The van der Waals surface area contributed by atoms with Gasteiger partial charge in [-0.25, -0.2) is 0 Å². The molecule has 0 amide bonds. The second kappa shape index (κ2) is 4.31. The van der Waals surface area contributed by atoms with E-state index in [-0.39, 0.29) is 18.1 Å². The normalized spacial score (nSPS) is 18.9. The van der Waals surface area contributed by atoms with Crippen LogP contribution in [0.5, 0.6) is 5.75 Å². The van der Waals surface area contributed by atoms with Crippen molar-refractivity contribution in [3.8, 4) is 5.75 Å². The first-order valence-electron chi connectivity index (χ1n) is 6.06. The average molecular weight is 235 g/mol. The molecule has 1 unspecified atom stereocenters. The molecule has 0 aromatic heterocycles. The number of aliphatic hydroxyl groups excluding tert-OH is 1. The molecule has 0 bridgehead atoms. The maximum Gasteiger partial charge on any atom is 0.122 e. The van der Waals surface area contributed by atoms with Crippen LogP contribution in [0, 0.1) is 19.3 Å². The number of hydrogen-bond donors (Lipinski definition) is 2. The van der Waals surface area contributed by atoms with Crippen molar-refractivity contribution < 1.29 is 9.84 Å². The summed E-state index contributed by atoms with van der Waals surface area (Å²) in [6.07, 6.45) is 2.05. The molecule has 0 spiro atoms. The molecule has 1 saturated carbocycles. The zero-order valence-electron chi connectivity index (χ0n) is 10.8. The van der Waals surface area contributed by atoms with Gasteiger partial charge in [-0.2, -0.15) is 0 Å². The van der Waals surface area contributed by atoms with Crippen LogP contribution >= 0.6 is 0 Å². The molecule has 0 radical (unpaired) electrons. The molecule has 1 fully saturated rings.